The van der Waals surface area contributed by atoms with E-state index >= 15 is 0 Å². The van der Waals surface area contributed by atoms with Gasteiger partial charge < -0.3 is 20.1 Å². The molecule has 2 N–H and O–H groups in total. The van der Waals surface area contributed by atoms with Crippen LogP contribution >= 0.6 is 11.6 Å². The Bertz CT molecular complexity index is 1230. The zero-order chi connectivity index (χ0) is 23.7. The lowest BCUT2D eigenvalue weighted by molar-refractivity contribution is -0.163. The zero-order valence-corrected chi connectivity index (χ0v) is 19.5. The number of likely N-dealkylation sites (tertiary alicyclic amines) is 1. The lowest BCUT2D eigenvalue weighted by Crippen LogP contribution is -2.61. The predicted molar refractivity (Wildman–Crippen MR) is 128 cm³/mol. The van der Waals surface area contributed by atoms with Crippen molar-refractivity contribution in [3.05, 3.63) is 47.5 Å². The maximum absolute atomic E-state index is 14.4. The highest BCUT2D eigenvalue weighted by atomic mass is 35.5. The van der Waals surface area contributed by atoms with Gasteiger partial charge in [0.1, 0.15) is 23.5 Å². The molecule has 0 amide bonds. The predicted octanol–water partition coefficient (Wildman–Crippen LogP) is 4.37. The maximum Gasteiger partial charge on any atom is 0.306 e. The number of fused-ring (bicyclic) bond motifs is 1. The summed E-state index contributed by atoms with van der Waals surface area (Å²) in [5.74, 6) is 0.481. The molecular formula is C24H25ClFN5O3. The zero-order valence-electron chi connectivity index (χ0n) is 18.7. The van der Waals surface area contributed by atoms with E-state index in [9.17, 15) is 9.18 Å². The SMILES string of the molecule is CNc1cc2ncnc(Nc3cccc(Cl)c3F)c2cc1OCCCN1CC2(CCC(=O)O2)C1. The Kier molecular flexibility index (Phi) is 6.14. The summed E-state index contributed by atoms with van der Waals surface area (Å²) >= 11 is 5.91. The van der Waals surface area contributed by atoms with E-state index in [4.69, 9.17) is 21.1 Å². The van der Waals surface area contributed by atoms with Gasteiger partial charge in [-0.25, -0.2) is 14.4 Å². The second-order valence-electron chi connectivity index (χ2n) is 8.63. The quantitative estimate of drug-likeness (QED) is 0.359. The first-order chi connectivity index (χ1) is 16.5. The molecule has 2 fully saturated rings. The van der Waals surface area contributed by atoms with Gasteiger partial charge >= 0.3 is 5.97 Å². The topological polar surface area (TPSA) is 88.6 Å². The smallest absolute Gasteiger partial charge is 0.306 e. The Morgan fingerprint density at radius 2 is 2.12 bits per heavy atom. The van der Waals surface area contributed by atoms with Crippen LogP contribution in [0.2, 0.25) is 5.02 Å². The Morgan fingerprint density at radius 1 is 1.26 bits per heavy atom. The minimum atomic E-state index is -0.542. The average molecular weight is 486 g/mol. The van der Waals surface area contributed by atoms with Crippen LogP contribution in [0, 0.1) is 5.82 Å². The van der Waals surface area contributed by atoms with E-state index in [2.05, 4.69) is 25.5 Å². The summed E-state index contributed by atoms with van der Waals surface area (Å²) in [6.45, 7) is 2.97. The second-order valence-corrected chi connectivity index (χ2v) is 9.04. The molecule has 2 aliphatic heterocycles. The highest BCUT2D eigenvalue weighted by Gasteiger charge is 2.49. The van der Waals surface area contributed by atoms with E-state index < -0.39 is 5.82 Å². The number of nitrogens with one attached hydrogen (secondary N) is 2. The molecule has 3 heterocycles. The summed E-state index contributed by atoms with van der Waals surface area (Å²) in [7, 11) is 1.82. The van der Waals surface area contributed by atoms with E-state index in [1.165, 1.54) is 12.4 Å². The van der Waals surface area contributed by atoms with E-state index in [0.717, 1.165) is 38.2 Å². The number of ether oxygens (including phenoxy) is 2. The molecule has 5 rings (SSSR count). The standard InChI is InChI=1S/C24H25ClFN5O3/c1-27-19-11-18-15(23(29-14-28-18)30-17-5-2-4-16(25)22(17)26)10-20(19)33-9-3-8-31-12-24(13-31)7-6-21(32)34-24/h2,4-5,10-11,14,27H,3,6-9,12-13H2,1H3,(H,28,29,30). The number of anilines is 3. The first-order valence-electron chi connectivity index (χ1n) is 11.2. The molecule has 2 aromatic carbocycles. The Balaban J connectivity index is 1.26. The molecule has 2 saturated heterocycles. The maximum atomic E-state index is 14.4. The van der Waals surface area contributed by atoms with Crippen LogP contribution in [0.3, 0.4) is 0 Å². The summed E-state index contributed by atoms with van der Waals surface area (Å²) < 4.78 is 26.0. The van der Waals surface area contributed by atoms with Gasteiger partial charge in [-0.1, -0.05) is 17.7 Å². The fraction of sp³-hybridized carbons (Fsp3) is 0.375. The molecule has 0 aliphatic carbocycles. The average Bonchev–Trinajstić information content (AvgIpc) is 3.20. The molecule has 178 valence electrons. The molecule has 34 heavy (non-hydrogen) atoms. The number of halogens is 2. The van der Waals surface area contributed by atoms with Crippen LogP contribution in [0.1, 0.15) is 19.3 Å². The van der Waals surface area contributed by atoms with Crippen LogP contribution in [-0.2, 0) is 9.53 Å². The Labute approximate surface area is 201 Å². The monoisotopic (exact) mass is 485 g/mol. The van der Waals surface area contributed by atoms with Crippen molar-refractivity contribution in [2.45, 2.75) is 24.9 Å². The molecule has 1 spiro atoms. The van der Waals surface area contributed by atoms with Crippen molar-refractivity contribution in [2.24, 2.45) is 0 Å². The normalized spacial score (nSPS) is 17.0. The van der Waals surface area contributed by atoms with Crippen LogP contribution in [-0.4, -0.2) is 59.7 Å². The van der Waals surface area contributed by atoms with Crippen LogP contribution in [0.15, 0.2) is 36.7 Å². The van der Waals surface area contributed by atoms with Crippen molar-refractivity contribution in [3.63, 3.8) is 0 Å². The van der Waals surface area contributed by atoms with Gasteiger partial charge in [0.05, 0.1) is 28.5 Å². The van der Waals surface area contributed by atoms with E-state index in [1.54, 1.807) is 12.1 Å². The number of rotatable bonds is 8. The summed E-state index contributed by atoms with van der Waals surface area (Å²) in [6, 6.07) is 8.48. The molecule has 0 unspecified atom stereocenters. The fourth-order valence-electron chi connectivity index (χ4n) is 4.52. The highest BCUT2D eigenvalue weighted by molar-refractivity contribution is 6.31. The van der Waals surface area contributed by atoms with Gasteiger partial charge in [0.15, 0.2) is 5.82 Å². The van der Waals surface area contributed by atoms with Crippen molar-refractivity contribution >= 4 is 45.7 Å². The van der Waals surface area contributed by atoms with Crippen molar-refractivity contribution < 1.29 is 18.7 Å². The first kappa shape index (κ1) is 22.6. The fourth-order valence-corrected chi connectivity index (χ4v) is 4.69. The number of nitrogens with zero attached hydrogens (tertiary/aromatic N) is 3. The highest BCUT2D eigenvalue weighted by Crippen LogP contribution is 2.36. The molecule has 0 atom stereocenters. The number of benzene rings is 2. The minimum absolute atomic E-state index is 0.0315. The number of aromatic nitrogens is 2. The van der Waals surface area contributed by atoms with Gasteiger partial charge in [0, 0.05) is 44.9 Å². The molecule has 2 aliphatic rings. The van der Waals surface area contributed by atoms with Crippen molar-refractivity contribution in [2.75, 3.05) is 43.9 Å². The largest absolute Gasteiger partial charge is 0.491 e. The molecular weight excluding hydrogens is 461 g/mol. The van der Waals surface area contributed by atoms with Crippen LogP contribution in [0.5, 0.6) is 5.75 Å². The van der Waals surface area contributed by atoms with Crippen LogP contribution in [0.4, 0.5) is 21.6 Å². The molecule has 10 heteroatoms. The molecule has 3 aromatic rings. The van der Waals surface area contributed by atoms with Gasteiger partial charge in [0.2, 0.25) is 0 Å². The van der Waals surface area contributed by atoms with Gasteiger partial charge in [-0.05, 0) is 30.7 Å². The van der Waals surface area contributed by atoms with Gasteiger partial charge in [-0.2, -0.15) is 0 Å². The molecule has 0 radical (unpaired) electrons. The minimum Gasteiger partial charge on any atom is -0.491 e. The van der Waals surface area contributed by atoms with Crippen molar-refractivity contribution in [1.29, 1.82) is 0 Å². The molecule has 8 nitrogen and oxygen atoms in total. The summed E-state index contributed by atoms with van der Waals surface area (Å²) in [5.41, 5.74) is 1.47. The lowest BCUT2D eigenvalue weighted by atomic mass is 9.91. The third kappa shape index (κ3) is 4.45. The molecule has 1 aromatic heterocycles. The number of carbonyl (C=O) groups excluding carboxylic acids is 1. The Hall–Kier alpha value is -3.17. The van der Waals surface area contributed by atoms with Gasteiger partial charge in [-0.15, -0.1) is 0 Å². The van der Waals surface area contributed by atoms with E-state index in [0.29, 0.717) is 35.5 Å². The van der Waals surface area contributed by atoms with Crippen molar-refractivity contribution in [1.82, 2.24) is 14.9 Å². The van der Waals surface area contributed by atoms with E-state index in [-0.39, 0.29) is 22.3 Å². The number of hydrogen-bond donors (Lipinski definition) is 2. The summed E-state index contributed by atoms with van der Waals surface area (Å²) in [6.07, 6.45) is 3.60. The van der Waals surface area contributed by atoms with E-state index in [1.807, 2.05) is 19.2 Å². The first-order valence-corrected chi connectivity index (χ1v) is 11.6. The third-order valence-electron chi connectivity index (χ3n) is 6.23. The number of hydrogen-bond acceptors (Lipinski definition) is 8. The number of carbonyl (C=O) groups is 1. The van der Waals surface area contributed by atoms with Gasteiger partial charge in [-0.3, -0.25) is 9.69 Å². The lowest BCUT2D eigenvalue weighted by Gasteiger charge is -2.46. The third-order valence-corrected chi connectivity index (χ3v) is 6.52. The summed E-state index contributed by atoms with van der Waals surface area (Å²) in [5, 5.41) is 6.89. The van der Waals surface area contributed by atoms with Crippen LogP contribution < -0.4 is 15.4 Å². The summed E-state index contributed by atoms with van der Waals surface area (Å²) in [4.78, 5) is 22.3. The second kappa shape index (κ2) is 9.23. The van der Waals surface area contributed by atoms with Crippen LogP contribution in [0.25, 0.3) is 10.9 Å². The molecule has 0 saturated carbocycles. The molecule has 0 bridgehead atoms. The van der Waals surface area contributed by atoms with Crippen molar-refractivity contribution in [3.8, 4) is 5.75 Å². The Morgan fingerprint density at radius 3 is 2.88 bits per heavy atom. The van der Waals surface area contributed by atoms with Gasteiger partial charge in [0.25, 0.3) is 0 Å². The number of esters is 1.